The molecule has 0 rings (SSSR count). The Balaban J connectivity index is 0. The largest absolute Gasteiger partial charge is 0.750 e. The van der Waals surface area contributed by atoms with E-state index in [1.165, 1.54) is 21.6 Å². The van der Waals surface area contributed by atoms with Gasteiger partial charge in [0.15, 0.2) is 0 Å². The summed E-state index contributed by atoms with van der Waals surface area (Å²) in [7, 11) is -5.13. The first kappa shape index (κ1) is 27.2. The van der Waals surface area contributed by atoms with Gasteiger partial charge in [0.05, 0.1) is 38.2 Å². The second-order valence-corrected chi connectivity index (χ2v) is 10.8. The Morgan fingerprint density at radius 2 is 1.38 bits per heavy atom. The lowest BCUT2D eigenvalue weighted by Crippen LogP contribution is -2.04. The molecule has 24 heavy (non-hydrogen) atoms. The molecule has 0 saturated carbocycles. The summed E-state index contributed by atoms with van der Waals surface area (Å²) in [6, 6.07) is 0. The van der Waals surface area contributed by atoms with Crippen molar-refractivity contribution in [3.05, 3.63) is 0 Å². The van der Waals surface area contributed by atoms with Crippen LogP contribution < -0.4 is 0 Å². The highest BCUT2D eigenvalue weighted by atomic mass is 33.1. The zero-order valence-electron chi connectivity index (χ0n) is 12.5. The highest BCUT2D eigenvalue weighted by Gasteiger charge is 1.96. The Bertz CT molecular complexity index is 518. The highest BCUT2D eigenvalue weighted by molar-refractivity contribution is 8.76. The third-order valence-corrected chi connectivity index (χ3v) is 6.64. The van der Waals surface area contributed by atoms with E-state index in [1.54, 1.807) is 0 Å². The summed E-state index contributed by atoms with van der Waals surface area (Å²) < 4.78 is 84.3. The summed E-state index contributed by atoms with van der Waals surface area (Å²) in [5.41, 5.74) is 0. The lowest BCUT2D eigenvalue weighted by Gasteiger charge is -2.06. The molecule has 0 aromatic carbocycles. The van der Waals surface area contributed by atoms with Gasteiger partial charge in [-0.05, 0) is 25.0 Å². The van der Waals surface area contributed by atoms with Crippen LogP contribution in [0.3, 0.4) is 0 Å². The van der Waals surface area contributed by atoms with Crippen molar-refractivity contribution in [3.8, 4) is 0 Å². The fourth-order valence-electron chi connectivity index (χ4n) is 0.899. The van der Waals surface area contributed by atoms with E-state index in [0.29, 0.717) is 36.5 Å². The highest BCUT2D eigenvalue weighted by Crippen LogP contribution is 2.22. The Kier molecular flexibility index (Phi) is 18.3. The van der Waals surface area contributed by atoms with Crippen molar-refractivity contribution in [3.63, 3.8) is 0 Å². The van der Waals surface area contributed by atoms with Crippen LogP contribution in [0.1, 0.15) is 19.3 Å². The van der Waals surface area contributed by atoms with E-state index in [2.05, 4.69) is 16.8 Å². The van der Waals surface area contributed by atoms with Crippen LogP contribution in [-0.4, -0.2) is 70.1 Å². The number of hydrogen-bond donors (Lipinski definition) is 1. The second kappa shape index (κ2) is 16.1. The molecule has 0 aromatic heterocycles. The lowest BCUT2D eigenvalue weighted by atomic mass is 10.5. The third kappa shape index (κ3) is 30.8. The van der Waals surface area contributed by atoms with E-state index in [4.69, 9.17) is 0 Å². The minimum Gasteiger partial charge on any atom is -0.750 e. The summed E-state index contributed by atoms with van der Waals surface area (Å²) in [5.74, 6) is 1.11. The zero-order valence-corrected chi connectivity index (χ0v) is 17.5. The molecule has 9 nitrogen and oxygen atoms in total. The van der Waals surface area contributed by atoms with Gasteiger partial charge in [0.2, 0.25) is 0 Å². The number of hydrogen-bond acceptors (Lipinski definition) is 12. The molecule has 0 fully saturated rings. The molecular formula is C9H19O9S6-3. The van der Waals surface area contributed by atoms with Gasteiger partial charge in [0.1, 0.15) is 0 Å². The Morgan fingerprint density at radius 1 is 0.917 bits per heavy atom. The molecule has 0 aliphatic rings. The summed E-state index contributed by atoms with van der Waals surface area (Å²) in [6.45, 7) is 0.151. The molecule has 0 aromatic rings. The molecular weight excluding hydrogens is 444 g/mol. The van der Waals surface area contributed by atoms with Crippen LogP contribution in [0.25, 0.3) is 0 Å². The Labute approximate surface area is 158 Å². The summed E-state index contributed by atoms with van der Waals surface area (Å²) in [4.78, 5) is 0. The van der Waals surface area contributed by atoms with E-state index in [0.717, 1.165) is 0 Å². The number of thiol groups is 1. The van der Waals surface area contributed by atoms with Crippen LogP contribution in [0.4, 0.5) is 0 Å². The van der Waals surface area contributed by atoms with E-state index in [-0.39, 0.29) is 18.1 Å². The van der Waals surface area contributed by atoms with Gasteiger partial charge in [-0.3, -0.25) is 0 Å². The maximum Gasteiger partial charge on any atom is 0.0946 e. The van der Waals surface area contributed by atoms with Gasteiger partial charge in [0, 0.05) is 23.0 Å². The molecule has 148 valence electrons. The monoisotopic (exact) mass is 463 g/mol. The first-order valence-electron chi connectivity index (χ1n) is 6.43. The van der Waals surface area contributed by atoms with Crippen molar-refractivity contribution in [1.29, 1.82) is 0 Å². The van der Waals surface area contributed by atoms with Crippen LogP contribution in [0.5, 0.6) is 0 Å². The van der Waals surface area contributed by atoms with Gasteiger partial charge in [-0.2, -0.15) is 12.6 Å². The molecule has 0 bridgehead atoms. The Hall–Kier alpha value is 0.940. The van der Waals surface area contributed by atoms with Crippen molar-refractivity contribution < 1.29 is 38.9 Å². The van der Waals surface area contributed by atoms with Crippen molar-refractivity contribution in [1.82, 2.24) is 0 Å². The lowest BCUT2D eigenvalue weighted by molar-refractivity contribution is 0.301. The standard InChI is InChI=1S/C6H14O6S4.C3H8O3S2/c7-15(8)12-3-1-4-13-14-5-2-6-16(9,10)11;4-8(5,6)3-1-2-7/h1-6H2,(H,7,8)(H,9,10,11);7H,1-3H2,(H,4,5,6)/p-3. The van der Waals surface area contributed by atoms with Gasteiger partial charge >= 0.3 is 0 Å². The molecule has 0 aliphatic heterocycles. The minimum atomic E-state index is -4.10. The van der Waals surface area contributed by atoms with Crippen LogP contribution >= 0.6 is 34.2 Å². The normalized spacial score (nSPS) is 13.2. The van der Waals surface area contributed by atoms with Crippen LogP contribution in [0.15, 0.2) is 0 Å². The molecule has 0 radical (unpaired) electrons. The first-order chi connectivity index (χ1) is 11.0. The van der Waals surface area contributed by atoms with Gasteiger partial charge < -0.3 is 17.8 Å². The third-order valence-electron chi connectivity index (χ3n) is 1.81. The summed E-state index contributed by atoms with van der Waals surface area (Å²) >= 11 is 1.28. The quantitative estimate of drug-likeness (QED) is 0.132. The molecule has 0 N–H and O–H groups in total. The molecule has 0 spiro atoms. The average molecular weight is 464 g/mol. The SMILES string of the molecule is O=S(=O)([O-])CCCS.O=S([O-])OCCCSSCCCS(=O)(=O)[O-]. The predicted octanol–water partition coefficient (Wildman–Crippen LogP) is 0.355. The van der Waals surface area contributed by atoms with Gasteiger partial charge in [-0.15, -0.1) is 0 Å². The fourth-order valence-corrected chi connectivity index (χ4v) is 4.85. The van der Waals surface area contributed by atoms with Gasteiger partial charge in [0.25, 0.3) is 0 Å². The Morgan fingerprint density at radius 3 is 1.75 bits per heavy atom. The second-order valence-electron chi connectivity index (χ2n) is 3.98. The molecule has 15 heteroatoms. The van der Waals surface area contributed by atoms with Crippen molar-refractivity contribution in [2.75, 3.05) is 35.4 Å². The van der Waals surface area contributed by atoms with Gasteiger partial charge in [-0.25, -0.2) is 21.0 Å². The van der Waals surface area contributed by atoms with Crippen LogP contribution in [-0.2, 0) is 35.8 Å². The average Bonchev–Trinajstić information content (AvgIpc) is 2.41. The zero-order chi connectivity index (χ0) is 19.1. The fraction of sp³-hybridized carbons (Fsp3) is 1.00. The smallest absolute Gasteiger partial charge is 0.0946 e. The number of rotatable bonds is 13. The molecule has 1 unspecified atom stereocenters. The van der Waals surface area contributed by atoms with Crippen molar-refractivity contribution in [2.45, 2.75) is 19.3 Å². The molecule has 0 aliphatic carbocycles. The van der Waals surface area contributed by atoms with E-state index >= 15 is 0 Å². The first-order valence-corrected chi connectivity index (χ1v) is 13.7. The molecule has 0 heterocycles. The predicted molar refractivity (Wildman–Crippen MR) is 96.6 cm³/mol. The molecule has 0 amide bonds. The topological polar surface area (TPSA) is 164 Å². The van der Waals surface area contributed by atoms with E-state index in [9.17, 15) is 34.7 Å². The maximum atomic E-state index is 10.2. The van der Waals surface area contributed by atoms with Crippen molar-refractivity contribution in [2.24, 2.45) is 0 Å². The van der Waals surface area contributed by atoms with Crippen LogP contribution in [0.2, 0.25) is 0 Å². The summed E-state index contributed by atoms with van der Waals surface area (Å²) in [6.07, 6.45) is 1.28. The minimum absolute atomic E-state index is 0.151. The van der Waals surface area contributed by atoms with E-state index in [1.807, 2.05) is 0 Å². The van der Waals surface area contributed by atoms with Crippen LogP contribution in [0, 0.1) is 0 Å². The van der Waals surface area contributed by atoms with E-state index < -0.39 is 31.6 Å². The van der Waals surface area contributed by atoms with Gasteiger partial charge in [-0.1, -0.05) is 21.6 Å². The van der Waals surface area contributed by atoms with Crippen molar-refractivity contribution >= 4 is 65.8 Å². The molecule has 0 saturated heterocycles. The maximum absolute atomic E-state index is 10.2. The summed E-state index contributed by atoms with van der Waals surface area (Å²) in [5, 5.41) is 0. The molecule has 1 atom stereocenters.